The Morgan fingerprint density at radius 2 is 2.03 bits per heavy atom. The summed E-state index contributed by atoms with van der Waals surface area (Å²) < 4.78 is 12.9. The summed E-state index contributed by atoms with van der Waals surface area (Å²) in [6.45, 7) is 1.35. The first-order valence-electron chi connectivity index (χ1n) is 9.78. The first-order valence-corrected chi connectivity index (χ1v) is 9.78. The number of hydrogen-bond acceptors (Lipinski definition) is 4. The van der Waals surface area contributed by atoms with Crippen molar-refractivity contribution in [3.8, 4) is 11.5 Å². The second-order valence-electron chi connectivity index (χ2n) is 7.16. The Kier molecular flexibility index (Phi) is 5.51. The van der Waals surface area contributed by atoms with E-state index in [1.54, 1.807) is 26.7 Å². The van der Waals surface area contributed by atoms with Crippen LogP contribution in [-0.2, 0) is 6.54 Å². The molecule has 29 heavy (non-hydrogen) atoms. The highest BCUT2D eigenvalue weighted by Crippen LogP contribution is 2.39. The minimum absolute atomic E-state index is 0.00958. The Morgan fingerprint density at radius 3 is 2.79 bits per heavy atom. The fourth-order valence-electron chi connectivity index (χ4n) is 4.03. The molecule has 6 nitrogen and oxygen atoms in total. The van der Waals surface area contributed by atoms with Gasteiger partial charge in [-0.2, -0.15) is 0 Å². The molecule has 6 heteroatoms. The van der Waals surface area contributed by atoms with Gasteiger partial charge in [-0.1, -0.05) is 18.2 Å². The number of aromatic nitrogens is 2. The highest BCUT2D eigenvalue weighted by molar-refractivity contribution is 5.96. The number of hydrogen-bond donors (Lipinski definition) is 0. The second-order valence-corrected chi connectivity index (χ2v) is 7.16. The number of benzene rings is 2. The molecule has 0 aliphatic carbocycles. The van der Waals surface area contributed by atoms with E-state index in [2.05, 4.69) is 4.98 Å². The maximum atomic E-state index is 13.5. The molecule has 1 amide bonds. The summed E-state index contributed by atoms with van der Waals surface area (Å²) in [5.74, 6) is 1.55. The lowest BCUT2D eigenvalue weighted by Gasteiger charge is -2.27. The third-order valence-corrected chi connectivity index (χ3v) is 5.47. The first kappa shape index (κ1) is 19.1. The fraction of sp³-hybridized carbons (Fsp3) is 0.304. The monoisotopic (exact) mass is 391 g/mol. The number of carbonyl (C=O) groups is 1. The van der Waals surface area contributed by atoms with Crippen molar-refractivity contribution < 1.29 is 14.3 Å². The van der Waals surface area contributed by atoms with Gasteiger partial charge in [0.1, 0.15) is 11.5 Å². The number of nitrogens with zero attached hydrogens (tertiary/aromatic N) is 3. The number of rotatable bonds is 6. The Morgan fingerprint density at radius 1 is 1.17 bits per heavy atom. The molecular formula is C23H25N3O3. The summed E-state index contributed by atoms with van der Waals surface area (Å²) in [5, 5.41) is 0. The number of likely N-dealkylation sites (tertiary alicyclic amines) is 1. The van der Waals surface area contributed by atoms with Gasteiger partial charge < -0.3 is 18.9 Å². The van der Waals surface area contributed by atoms with Crippen LogP contribution in [0.2, 0.25) is 0 Å². The molecular weight excluding hydrogens is 366 g/mol. The minimum Gasteiger partial charge on any atom is -0.497 e. The molecule has 3 aromatic rings. The molecule has 0 radical (unpaired) electrons. The Hall–Kier alpha value is -3.28. The lowest BCUT2D eigenvalue weighted by molar-refractivity contribution is 0.0733. The van der Waals surface area contributed by atoms with Crippen molar-refractivity contribution in [3.63, 3.8) is 0 Å². The van der Waals surface area contributed by atoms with Crippen LogP contribution in [0.1, 0.15) is 40.4 Å². The van der Waals surface area contributed by atoms with Gasteiger partial charge in [-0.15, -0.1) is 0 Å². The van der Waals surface area contributed by atoms with Gasteiger partial charge in [-0.3, -0.25) is 4.79 Å². The van der Waals surface area contributed by atoms with Gasteiger partial charge in [0.2, 0.25) is 0 Å². The normalized spacial score (nSPS) is 16.1. The number of amides is 1. The number of ether oxygens (including phenoxy) is 2. The van der Waals surface area contributed by atoms with Crippen molar-refractivity contribution in [2.45, 2.75) is 25.4 Å². The molecule has 150 valence electrons. The molecule has 0 unspecified atom stereocenters. The second kappa shape index (κ2) is 8.39. The zero-order valence-corrected chi connectivity index (χ0v) is 16.7. The average Bonchev–Trinajstić information content (AvgIpc) is 3.45. The van der Waals surface area contributed by atoms with E-state index in [1.807, 2.05) is 58.1 Å². The number of imidazole rings is 1. The van der Waals surface area contributed by atoms with Crippen LogP contribution in [0.15, 0.2) is 61.2 Å². The Balaban J connectivity index is 1.64. The smallest absolute Gasteiger partial charge is 0.254 e. The van der Waals surface area contributed by atoms with Crippen molar-refractivity contribution in [3.05, 3.63) is 77.9 Å². The van der Waals surface area contributed by atoms with Crippen molar-refractivity contribution in [2.24, 2.45) is 0 Å². The fourth-order valence-corrected chi connectivity index (χ4v) is 4.03. The molecule has 1 aromatic heterocycles. The van der Waals surface area contributed by atoms with E-state index in [-0.39, 0.29) is 11.9 Å². The number of methoxy groups -OCH3 is 2. The van der Waals surface area contributed by atoms with Gasteiger partial charge in [-0.05, 0) is 36.6 Å². The van der Waals surface area contributed by atoms with Crippen molar-refractivity contribution in [1.82, 2.24) is 14.5 Å². The Bertz CT molecular complexity index is 985. The third-order valence-electron chi connectivity index (χ3n) is 5.47. The van der Waals surface area contributed by atoms with Gasteiger partial charge in [0, 0.05) is 42.7 Å². The van der Waals surface area contributed by atoms with E-state index in [1.165, 1.54) is 0 Å². The van der Waals surface area contributed by atoms with E-state index in [0.29, 0.717) is 6.54 Å². The van der Waals surface area contributed by atoms with Gasteiger partial charge in [0.05, 0.1) is 26.6 Å². The summed E-state index contributed by atoms with van der Waals surface area (Å²) in [5.41, 5.74) is 2.75. The predicted molar refractivity (Wildman–Crippen MR) is 110 cm³/mol. The highest BCUT2D eigenvalue weighted by Gasteiger charge is 2.33. The summed E-state index contributed by atoms with van der Waals surface area (Å²) in [6.07, 6.45) is 7.30. The van der Waals surface area contributed by atoms with Crippen LogP contribution in [0.3, 0.4) is 0 Å². The molecule has 0 N–H and O–H groups in total. The molecule has 4 rings (SSSR count). The van der Waals surface area contributed by atoms with Crippen LogP contribution in [0.5, 0.6) is 11.5 Å². The molecule has 2 aromatic carbocycles. The van der Waals surface area contributed by atoms with Crippen LogP contribution < -0.4 is 9.47 Å². The van der Waals surface area contributed by atoms with Gasteiger partial charge in [-0.25, -0.2) is 4.98 Å². The molecule has 1 aliphatic heterocycles. The van der Waals surface area contributed by atoms with E-state index >= 15 is 0 Å². The van der Waals surface area contributed by atoms with Crippen LogP contribution in [0, 0.1) is 0 Å². The zero-order chi connectivity index (χ0) is 20.2. The molecule has 0 bridgehead atoms. The maximum absolute atomic E-state index is 13.5. The molecule has 1 saturated heterocycles. The van der Waals surface area contributed by atoms with Crippen LogP contribution in [0.25, 0.3) is 0 Å². The quantitative estimate of drug-likeness (QED) is 0.639. The Labute approximate surface area is 170 Å². The predicted octanol–water partition coefficient (Wildman–Crippen LogP) is 3.93. The molecule has 2 heterocycles. The maximum Gasteiger partial charge on any atom is 0.254 e. The first-order chi connectivity index (χ1) is 14.2. The van der Waals surface area contributed by atoms with Gasteiger partial charge in [0.25, 0.3) is 5.91 Å². The van der Waals surface area contributed by atoms with Crippen LogP contribution in [0.4, 0.5) is 0 Å². The summed E-state index contributed by atoms with van der Waals surface area (Å²) in [6, 6.07) is 13.6. The van der Waals surface area contributed by atoms with E-state index in [4.69, 9.17) is 9.47 Å². The van der Waals surface area contributed by atoms with Crippen molar-refractivity contribution >= 4 is 5.91 Å². The van der Waals surface area contributed by atoms with Crippen molar-refractivity contribution in [1.29, 1.82) is 0 Å². The highest BCUT2D eigenvalue weighted by atomic mass is 16.5. The lowest BCUT2D eigenvalue weighted by Crippen LogP contribution is -2.31. The zero-order valence-electron chi connectivity index (χ0n) is 16.7. The van der Waals surface area contributed by atoms with Crippen LogP contribution in [-0.4, -0.2) is 41.1 Å². The molecule has 1 fully saturated rings. The standard InChI is InChI=1S/C23H25N3O3/c1-28-18-9-10-20(22(14-18)29-2)21-8-5-12-26(21)23(27)19-7-4-3-6-17(19)15-25-13-11-24-16-25/h3-4,6-7,9-11,13-14,16,21H,5,8,12,15H2,1-2H3/t21-/m0/s1. The lowest BCUT2D eigenvalue weighted by atomic mass is 10.0. The molecule has 0 saturated carbocycles. The summed E-state index contributed by atoms with van der Waals surface area (Å²) in [7, 11) is 3.29. The summed E-state index contributed by atoms with van der Waals surface area (Å²) >= 11 is 0. The molecule has 1 aliphatic rings. The van der Waals surface area contributed by atoms with Gasteiger partial charge in [0.15, 0.2) is 0 Å². The minimum atomic E-state index is -0.00958. The summed E-state index contributed by atoms with van der Waals surface area (Å²) in [4.78, 5) is 19.6. The van der Waals surface area contributed by atoms with Crippen LogP contribution >= 0.6 is 0 Å². The van der Waals surface area contributed by atoms with E-state index in [9.17, 15) is 4.79 Å². The van der Waals surface area contributed by atoms with Gasteiger partial charge >= 0.3 is 0 Å². The molecule has 0 spiro atoms. The van der Waals surface area contributed by atoms with E-state index in [0.717, 1.165) is 47.6 Å². The SMILES string of the molecule is COc1ccc([C@@H]2CCCN2C(=O)c2ccccc2Cn2ccnc2)c(OC)c1. The number of carbonyl (C=O) groups excluding carboxylic acids is 1. The largest absolute Gasteiger partial charge is 0.497 e. The average molecular weight is 391 g/mol. The third kappa shape index (κ3) is 3.83. The molecule has 1 atom stereocenters. The van der Waals surface area contributed by atoms with Crippen molar-refractivity contribution in [2.75, 3.05) is 20.8 Å². The topological polar surface area (TPSA) is 56.6 Å². The van der Waals surface area contributed by atoms with E-state index < -0.39 is 0 Å².